The SMILES string of the molecule is O=C(CCC(O)CC(O)C(=O)O)CC(O)C(=O)O. The maximum absolute atomic E-state index is 11.2. The van der Waals surface area contributed by atoms with Gasteiger partial charge < -0.3 is 25.5 Å². The van der Waals surface area contributed by atoms with Crippen molar-refractivity contribution in [1.82, 2.24) is 0 Å². The fourth-order valence-corrected chi connectivity index (χ4v) is 1.21. The van der Waals surface area contributed by atoms with E-state index in [9.17, 15) is 19.5 Å². The molecule has 0 heterocycles. The van der Waals surface area contributed by atoms with Crippen molar-refractivity contribution in [3.63, 3.8) is 0 Å². The van der Waals surface area contributed by atoms with E-state index in [1.807, 2.05) is 0 Å². The Bertz CT molecular complexity index is 313. The van der Waals surface area contributed by atoms with Gasteiger partial charge in [-0.3, -0.25) is 4.79 Å². The summed E-state index contributed by atoms with van der Waals surface area (Å²) in [5.41, 5.74) is 0. The number of aliphatic hydroxyl groups is 3. The zero-order valence-corrected chi connectivity index (χ0v) is 9.52. The molecule has 0 aliphatic carbocycles. The van der Waals surface area contributed by atoms with Crippen LogP contribution in [0, 0.1) is 0 Å². The molecule has 0 aliphatic rings. The zero-order valence-electron chi connectivity index (χ0n) is 9.52. The lowest BCUT2D eigenvalue weighted by Crippen LogP contribution is -2.27. The van der Waals surface area contributed by atoms with Gasteiger partial charge in [-0.2, -0.15) is 0 Å². The van der Waals surface area contributed by atoms with Gasteiger partial charge in [0.2, 0.25) is 0 Å². The first kappa shape index (κ1) is 16.5. The molecule has 0 aliphatic heterocycles. The van der Waals surface area contributed by atoms with E-state index >= 15 is 0 Å². The minimum absolute atomic E-state index is 0.102. The van der Waals surface area contributed by atoms with Crippen LogP contribution >= 0.6 is 0 Å². The zero-order chi connectivity index (χ0) is 14.3. The molecule has 18 heavy (non-hydrogen) atoms. The normalized spacial score (nSPS) is 15.7. The van der Waals surface area contributed by atoms with Crippen molar-refractivity contribution in [3.05, 3.63) is 0 Å². The number of carboxylic acid groups (broad SMARTS) is 2. The number of rotatable bonds is 9. The van der Waals surface area contributed by atoms with Crippen molar-refractivity contribution in [2.45, 2.75) is 44.0 Å². The van der Waals surface area contributed by atoms with Gasteiger partial charge in [-0.1, -0.05) is 0 Å². The van der Waals surface area contributed by atoms with Crippen LogP contribution in [0.5, 0.6) is 0 Å². The van der Waals surface area contributed by atoms with Gasteiger partial charge >= 0.3 is 11.9 Å². The monoisotopic (exact) mass is 264 g/mol. The Hall–Kier alpha value is -1.51. The summed E-state index contributed by atoms with van der Waals surface area (Å²) < 4.78 is 0. The Morgan fingerprint density at radius 2 is 1.39 bits per heavy atom. The van der Waals surface area contributed by atoms with Crippen LogP contribution in [-0.4, -0.2) is 61.6 Å². The van der Waals surface area contributed by atoms with Crippen LogP contribution in [0.1, 0.15) is 25.7 Å². The number of carboxylic acids is 2. The van der Waals surface area contributed by atoms with E-state index in [1.165, 1.54) is 0 Å². The number of aliphatic hydroxyl groups excluding tert-OH is 3. The molecule has 0 aromatic heterocycles. The largest absolute Gasteiger partial charge is 0.479 e. The molecular formula is C10H16O8. The molecule has 5 N–H and O–H groups in total. The molecule has 0 amide bonds. The molecule has 0 saturated heterocycles. The van der Waals surface area contributed by atoms with Crippen molar-refractivity contribution >= 4 is 17.7 Å². The molecular weight excluding hydrogens is 248 g/mol. The van der Waals surface area contributed by atoms with E-state index in [0.29, 0.717) is 0 Å². The van der Waals surface area contributed by atoms with Crippen LogP contribution in [-0.2, 0) is 14.4 Å². The van der Waals surface area contributed by atoms with Crippen LogP contribution in [0.3, 0.4) is 0 Å². The summed E-state index contributed by atoms with van der Waals surface area (Å²) in [7, 11) is 0. The van der Waals surface area contributed by atoms with E-state index in [-0.39, 0.29) is 12.8 Å². The molecule has 0 spiro atoms. The first-order valence-electron chi connectivity index (χ1n) is 5.25. The first-order valence-corrected chi connectivity index (χ1v) is 5.25. The van der Waals surface area contributed by atoms with Crippen LogP contribution < -0.4 is 0 Å². The second-order valence-electron chi connectivity index (χ2n) is 3.88. The van der Waals surface area contributed by atoms with Crippen LogP contribution in [0.15, 0.2) is 0 Å². The van der Waals surface area contributed by atoms with Gasteiger partial charge in [0.05, 0.1) is 6.10 Å². The number of carbonyl (C=O) groups excluding carboxylic acids is 1. The van der Waals surface area contributed by atoms with Gasteiger partial charge in [-0.15, -0.1) is 0 Å². The molecule has 0 rings (SSSR count). The minimum Gasteiger partial charge on any atom is -0.479 e. The molecule has 3 atom stereocenters. The van der Waals surface area contributed by atoms with Gasteiger partial charge in [-0.25, -0.2) is 9.59 Å². The predicted octanol–water partition coefficient (Wildman–Crippen LogP) is -1.63. The van der Waals surface area contributed by atoms with Gasteiger partial charge in [0.1, 0.15) is 5.78 Å². The third-order valence-corrected chi connectivity index (χ3v) is 2.24. The van der Waals surface area contributed by atoms with Crippen molar-refractivity contribution < 1.29 is 39.9 Å². The van der Waals surface area contributed by atoms with Gasteiger partial charge in [0, 0.05) is 19.3 Å². The van der Waals surface area contributed by atoms with Crippen LogP contribution in [0.2, 0.25) is 0 Å². The van der Waals surface area contributed by atoms with E-state index in [1.54, 1.807) is 0 Å². The number of aliphatic carboxylic acids is 2. The average Bonchev–Trinajstić information content (AvgIpc) is 2.25. The topological polar surface area (TPSA) is 152 Å². The summed E-state index contributed by atoms with van der Waals surface area (Å²) >= 11 is 0. The lowest BCUT2D eigenvalue weighted by molar-refractivity contribution is -0.149. The Balaban J connectivity index is 3.91. The molecule has 8 nitrogen and oxygen atoms in total. The molecule has 3 unspecified atom stereocenters. The van der Waals surface area contributed by atoms with Crippen molar-refractivity contribution in [1.29, 1.82) is 0 Å². The fourth-order valence-electron chi connectivity index (χ4n) is 1.21. The summed E-state index contributed by atoms with van der Waals surface area (Å²) in [4.78, 5) is 31.7. The highest BCUT2D eigenvalue weighted by Gasteiger charge is 2.21. The smallest absolute Gasteiger partial charge is 0.332 e. The Morgan fingerprint density at radius 1 is 0.889 bits per heavy atom. The number of carbonyl (C=O) groups is 3. The maximum atomic E-state index is 11.2. The molecule has 0 aromatic carbocycles. The number of hydrogen-bond donors (Lipinski definition) is 5. The third-order valence-electron chi connectivity index (χ3n) is 2.24. The van der Waals surface area contributed by atoms with Gasteiger partial charge in [-0.05, 0) is 6.42 Å². The Kier molecular flexibility index (Phi) is 7.10. The summed E-state index contributed by atoms with van der Waals surface area (Å²) in [6, 6.07) is 0. The Labute approximate surface area is 102 Å². The van der Waals surface area contributed by atoms with E-state index in [4.69, 9.17) is 20.4 Å². The molecule has 0 saturated carbocycles. The maximum Gasteiger partial charge on any atom is 0.332 e. The van der Waals surface area contributed by atoms with E-state index in [2.05, 4.69) is 0 Å². The van der Waals surface area contributed by atoms with Crippen molar-refractivity contribution in [2.24, 2.45) is 0 Å². The number of Topliss-reactive ketones (excluding diaryl/α,β-unsaturated/α-hetero) is 1. The minimum atomic E-state index is -1.78. The third kappa shape index (κ3) is 6.94. The average molecular weight is 264 g/mol. The van der Waals surface area contributed by atoms with Crippen LogP contribution in [0.25, 0.3) is 0 Å². The lowest BCUT2D eigenvalue weighted by Gasteiger charge is -2.12. The van der Waals surface area contributed by atoms with E-state index < -0.39 is 48.9 Å². The summed E-state index contributed by atoms with van der Waals surface area (Å²) in [5, 5.41) is 43.8. The Morgan fingerprint density at radius 3 is 1.83 bits per heavy atom. The van der Waals surface area contributed by atoms with Gasteiger partial charge in [0.25, 0.3) is 0 Å². The van der Waals surface area contributed by atoms with Crippen molar-refractivity contribution in [2.75, 3.05) is 0 Å². The van der Waals surface area contributed by atoms with Gasteiger partial charge in [0.15, 0.2) is 12.2 Å². The molecule has 0 bridgehead atoms. The molecule has 0 fully saturated rings. The highest BCUT2D eigenvalue weighted by molar-refractivity contribution is 5.84. The summed E-state index contributed by atoms with van der Waals surface area (Å²) in [6.45, 7) is 0. The predicted molar refractivity (Wildman–Crippen MR) is 56.8 cm³/mol. The fraction of sp³-hybridized carbons (Fsp3) is 0.700. The highest BCUT2D eigenvalue weighted by atomic mass is 16.4. The number of ketones is 1. The highest BCUT2D eigenvalue weighted by Crippen LogP contribution is 2.08. The summed E-state index contributed by atoms with van der Waals surface area (Å²) in [5.74, 6) is -3.54. The second kappa shape index (κ2) is 7.75. The lowest BCUT2D eigenvalue weighted by atomic mass is 10.0. The van der Waals surface area contributed by atoms with Crippen LogP contribution in [0.4, 0.5) is 0 Å². The molecule has 0 radical (unpaired) electrons. The number of hydrogen-bond acceptors (Lipinski definition) is 6. The first-order chi connectivity index (χ1) is 8.23. The molecule has 104 valence electrons. The molecule has 8 heteroatoms. The second-order valence-corrected chi connectivity index (χ2v) is 3.88. The quantitative estimate of drug-likeness (QED) is 0.332. The molecule has 0 aromatic rings. The summed E-state index contributed by atoms with van der Waals surface area (Å²) in [6.07, 6.45) is -5.94. The standard InChI is InChI=1S/C10H16O8/c11-5(3-7(13)9(15)16)1-2-6(12)4-8(14)10(17)18/h5,7-8,11,13-14H,1-4H2,(H,15,16)(H,17,18). The van der Waals surface area contributed by atoms with Crippen molar-refractivity contribution in [3.8, 4) is 0 Å². The van der Waals surface area contributed by atoms with E-state index in [0.717, 1.165) is 0 Å².